The summed E-state index contributed by atoms with van der Waals surface area (Å²) in [5.41, 5.74) is 5.90. The van der Waals surface area contributed by atoms with E-state index in [1.807, 2.05) is 0 Å². The predicted octanol–water partition coefficient (Wildman–Crippen LogP) is 1.99. The van der Waals surface area contributed by atoms with Gasteiger partial charge < -0.3 is 11.1 Å². The van der Waals surface area contributed by atoms with Gasteiger partial charge in [-0.2, -0.15) is 11.8 Å². The summed E-state index contributed by atoms with van der Waals surface area (Å²) in [7, 11) is 0. The van der Waals surface area contributed by atoms with E-state index in [1.54, 1.807) is 0 Å². The Labute approximate surface area is 97.8 Å². The Kier molecular flexibility index (Phi) is 4.79. The average molecular weight is 228 g/mol. The number of hydrogen-bond donors (Lipinski definition) is 2. The normalized spacial score (nSPS) is 37.8. The van der Waals surface area contributed by atoms with Crippen LogP contribution in [0.1, 0.15) is 38.5 Å². The third-order valence-electron chi connectivity index (χ3n) is 3.72. The second kappa shape index (κ2) is 6.12. The molecular formula is C12H24N2S. The molecule has 0 aromatic carbocycles. The molecule has 0 aromatic heterocycles. The molecule has 1 atom stereocenters. The van der Waals surface area contributed by atoms with Gasteiger partial charge in [0.1, 0.15) is 0 Å². The third-order valence-corrected chi connectivity index (χ3v) is 5.01. The molecule has 2 nitrogen and oxygen atoms in total. The summed E-state index contributed by atoms with van der Waals surface area (Å²) < 4.78 is 0. The van der Waals surface area contributed by atoms with Crippen molar-refractivity contribution in [2.45, 2.75) is 50.6 Å². The molecule has 0 radical (unpaired) electrons. The van der Waals surface area contributed by atoms with Crippen LogP contribution in [0.15, 0.2) is 0 Å². The lowest BCUT2D eigenvalue weighted by molar-refractivity contribution is 0.324. The Morgan fingerprint density at radius 2 is 1.93 bits per heavy atom. The number of hydrogen-bond acceptors (Lipinski definition) is 3. The zero-order valence-electron chi connectivity index (χ0n) is 9.58. The maximum absolute atomic E-state index is 5.90. The minimum Gasteiger partial charge on any atom is -0.328 e. The lowest BCUT2D eigenvalue weighted by Crippen LogP contribution is -2.40. The number of nitrogens with one attached hydrogen (secondary N) is 1. The first-order chi connectivity index (χ1) is 7.34. The Morgan fingerprint density at radius 3 is 2.60 bits per heavy atom. The van der Waals surface area contributed by atoms with E-state index in [1.165, 1.54) is 56.6 Å². The molecule has 2 rings (SSSR count). The van der Waals surface area contributed by atoms with Gasteiger partial charge in [0.2, 0.25) is 0 Å². The smallest absolute Gasteiger partial charge is 0.00683 e. The van der Waals surface area contributed by atoms with Crippen molar-refractivity contribution in [1.82, 2.24) is 5.32 Å². The van der Waals surface area contributed by atoms with Gasteiger partial charge in [0.15, 0.2) is 0 Å². The maximum atomic E-state index is 5.90. The summed E-state index contributed by atoms with van der Waals surface area (Å²) in [5.74, 6) is 3.69. The van der Waals surface area contributed by atoms with Crippen LogP contribution in [0.5, 0.6) is 0 Å². The van der Waals surface area contributed by atoms with Crippen LogP contribution in [0.3, 0.4) is 0 Å². The molecule has 1 unspecified atom stereocenters. The second-order valence-electron chi connectivity index (χ2n) is 5.10. The Hall–Kier alpha value is 0.270. The van der Waals surface area contributed by atoms with Crippen LogP contribution in [0.2, 0.25) is 0 Å². The topological polar surface area (TPSA) is 38.0 Å². The molecule has 1 aliphatic carbocycles. The highest BCUT2D eigenvalue weighted by molar-refractivity contribution is 7.99. The molecule has 1 saturated heterocycles. The minimum atomic E-state index is 0.480. The third kappa shape index (κ3) is 3.97. The molecule has 88 valence electrons. The highest BCUT2D eigenvalue weighted by Crippen LogP contribution is 2.23. The molecule has 1 heterocycles. The summed E-state index contributed by atoms with van der Waals surface area (Å²) in [6, 6.07) is 1.24. The number of nitrogens with two attached hydrogens (primary N) is 1. The molecule has 15 heavy (non-hydrogen) atoms. The minimum absolute atomic E-state index is 0.480. The maximum Gasteiger partial charge on any atom is 0.00683 e. The molecule has 3 heteroatoms. The van der Waals surface area contributed by atoms with Crippen molar-refractivity contribution in [2.75, 3.05) is 18.1 Å². The fourth-order valence-corrected chi connectivity index (χ4v) is 3.78. The summed E-state index contributed by atoms with van der Waals surface area (Å²) >= 11 is 2.13. The molecule has 1 aliphatic heterocycles. The molecule has 2 aliphatic rings. The van der Waals surface area contributed by atoms with Crippen LogP contribution < -0.4 is 11.1 Å². The highest BCUT2D eigenvalue weighted by Gasteiger charge is 2.20. The number of thioether (sulfide) groups is 1. The SMILES string of the molecule is NC1CCC(NCC2CCCSC2)CC1. The van der Waals surface area contributed by atoms with Gasteiger partial charge in [-0.3, -0.25) is 0 Å². The highest BCUT2D eigenvalue weighted by atomic mass is 32.2. The standard InChI is InChI=1S/C12H24N2S/c13-11-3-5-12(6-4-11)14-8-10-2-1-7-15-9-10/h10-12,14H,1-9,13H2. The lowest BCUT2D eigenvalue weighted by atomic mass is 9.91. The van der Waals surface area contributed by atoms with E-state index < -0.39 is 0 Å². The molecule has 2 fully saturated rings. The van der Waals surface area contributed by atoms with Crippen molar-refractivity contribution in [3.05, 3.63) is 0 Å². The first-order valence-corrected chi connectivity index (χ1v) is 7.57. The predicted molar refractivity (Wildman–Crippen MR) is 68.3 cm³/mol. The van der Waals surface area contributed by atoms with E-state index in [0.29, 0.717) is 6.04 Å². The van der Waals surface area contributed by atoms with Gasteiger partial charge in [-0.1, -0.05) is 0 Å². The molecule has 3 N–H and O–H groups in total. The summed E-state index contributed by atoms with van der Waals surface area (Å²) in [6.07, 6.45) is 7.88. The van der Waals surface area contributed by atoms with E-state index in [9.17, 15) is 0 Å². The summed E-state index contributed by atoms with van der Waals surface area (Å²) in [5, 5.41) is 3.74. The van der Waals surface area contributed by atoms with Crippen LogP contribution >= 0.6 is 11.8 Å². The largest absolute Gasteiger partial charge is 0.328 e. The van der Waals surface area contributed by atoms with Crippen LogP contribution in [0, 0.1) is 5.92 Å². The molecule has 0 amide bonds. The van der Waals surface area contributed by atoms with E-state index in [4.69, 9.17) is 5.73 Å². The van der Waals surface area contributed by atoms with Crippen molar-refractivity contribution in [3.63, 3.8) is 0 Å². The van der Waals surface area contributed by atoms with Gasteiger partial charge in [0.25, 0.3) is 0 Å². The average Bonchev–Trinajstić information content (AvgIpc) is 2.30. The molecule has 1 saturated carbocycles. The molecular weight excluding hydrogens is 204 g/mol. The van der Waals surface area contributed by atoms with Crippen LogP contribution in [-0.4, -0.2) is 30.1 Å². The van der Waals surface area contributed by atoms with Crippen molar-refractivity contribution >= 4 is 11.8 Å². The van der Waals surface area contributed by atoms with Gasteiger partial charge >= 0.3 is 0 Å². The molecule has 0 bridgehead atoms. The zero-order valence-corrected chi connectivity index (χ0v) is 10.4. The van der Waals surface area contributed by atoms with Crippen LogP contribution in [0.4, 0.5) is 0 Å². The fraction of sp³-hybridized carbons (Fsp3) is 1.00. The molecule has 0 spiro atoms. The van der Waals surface area contributed by atoms with Gasteiger partial charge in [0, 0.05) is 12.1 Å². The lowest BCUT2D eigenvalue weighted by Gasteiger charge is -2.29. The van der Waals surface area contributed by atoms with E-state index in [2.05, 4.69) is 17.1 Å². The summed E-state index contributed by atoms with van der Waals surface area (Å²) in [6.45, 7) is 1.24. The van der Waals surface area contributed by atoms with Crippen LogP contribution in [-0.2, 0) is 0 Å². The Morgan fingerprint density at radius 1 is 1.13 bits per heavy atom. The van der Waals surface area contributed by atoms with E-state index in [0.717, 1.165) is 12.0 Å². The van der Waals surface area contributed by atoms with Gasteiger partial charge in [0.05, 0.1) is 0 Å². The Balaban J connectivity index is 1.60. The first-order valence-electron chi connectivity index (χ1n) is 6.41. The van der Waals surface area contributed by atoms with E-state index >= 15 is 0 Å². The fourth-order valence-electron chi connectivity index (χ4n) is 2.63. The second-order valence-corrected chi connectivity index (χ2v) is 6.25. The monoisotopic (exact) mass is 228 g/mol. The number of rotatable bonds is 3. The van der Waals surface area contributed by atoms with Crippen molar-refractivity contribution in [1.29, 1.82) is 0 Å². The van der Waals surface area contributed by atoms with Crippen molar-refractivity contribution in [2.24, 2.45) is 11.7 Å². The summed E-state index contributed by atoms with van der Waals surface area (Å²) in [4.78, 5) is 0. The first kappa shape index (κ1) is 11.7. The molecule has 0 aromatic rings. The van der Waals surface area contributed by atoms with Gasteiger partial charge in [-0.25, -0.2) is 0 Å². The van der Waals surface area contributed by atoms with Gasteiger partial charge in [-0.15, -0.1) is 0 Å². The van der Waals surface area contributed by atoms with Crippen LogP contribution in [0.25, 0.3) is 0 Å². The van der Waals surface area contributed by atoms with Gasteiger partial charge in [-0.05, 0) is 62.5 Å². The van der Waals surface area contributed by atoms with E-state index in [-0.39, 0.29) is 0 Å². The van der Waals surface area contributed by atoms with Crippen molar-refractivity contribution < 1.29 is 0 Å². The van der Waals surface area contributed by atoms with Crippen molar-refractivity contribution in [3.8, 4) is 0 Å². The zero-order chi connectivity index (χ0) is 10.5. The quantitative estimate of drug-likeness (QED) is 0.776. The Bertz CT molecular complexity index is 172.